The summed E-state index contributed by atoms with van der Waals surface area (Å²) in [7, 11) is -3.62. The summed E-state index contributed by atoms with van der Waals surface area (Å²) >= 11 is 1.30. The van der Waals surface area contributed by atoms with Gasteiger partial charge in [-0.3, -0.25) is 9.82 Å². The quantitative estimate of drug-likeness (QED) is 0.774. The Balaban J connectivity index is 1.98. The molecule has 0 amide bonds. The Bertz CT molecular complexity index is 822. The maximum atomic E-state index is 12.0. The molecule has 0 saturated carbocycles. The molecule has 0 bridgehead atoms. The molecular weight excluding hydrogens is 284 g/mol. The molecule has 0 spiro atoms. The Labute approximate surface area is 113 Å². The Kier molecular flexibility index (Phi) is 2.76. The fourth-order valence-corrected chi connectivity index (χ4v) is 3.74. The third kappa shape index (κ3) is 2.32. The molecule has 98 valence electrons. The second-order valence-electron chi connectivity index (χ2n) is 4.03. The van der Waals surface area contributed by atoms with E-state index < -0.39 is 10.0 Å². The van der Waals surface area contributed by atoms with Crippen LogP contribution in [0.15, 0.2) is 35.5 Å². The lowest BCUT2D eigenvalue weighted by atomic mass is 10.2. The van der Waals surface area contributed by atoms with E-state index in [1.54, 1.807) is 0 Å². The number of nitrogens with one attached hydrogen (secondary N) is 2. The minimum Gasteiger partial charge on any atom is -0.284 e. The molecule has 2 aromatic heterocycles. The highest BCUT2D eigenvalue weighted by molar-refractivity contribution is 7.93. The van der Waals surface area contributed by atoms with Crippen molar-refractivity contribution in [2.45, 2.75) is 11.8 Å². The molecule has 0 aliphatic rings. The van der Waals surface area contributed by atoms with Gasteiger partial charge in [-0.1, -0.05) is 17.4 Å². The van der Waals surface area contributed by atoms with Gasteiger partial charge in [-0.2, -0.15) is 5.10 Å². The Morgan fingerprint density at radius 2 is 2.21 bits per heavy atom. The van der Waals surface area contributed by atoms with Gasteiger partial charge in [0, 0.05) is 6.20 Å². The molecular formula is C11H10N4O2S2. The lowest BCUT2D eigenvalue weighted by Gasteiger charge is -2.00. The first kappa shape index (κ1) is 12.1. The van der Waals surface area contributed by atoms with Crippen LogP contribution in [0.1, 0.15) is 5.56 Å². The number of rotatable bonds is 3. The van der Waals surface area contributed by atoms with E-state index in [9.17, 15) is 8.42 Å². The molecule has 6 nitrogen and oxygen atoms in total. The normalized spacial score (nSPS) is 11.8. The van der Waals surface area contributed by atoms with Crippen molar-refractivity contribution in [2.24, 2.45) is 0 Å². The summed E-state index contributed by atoms with van der Waals surface area (Å²) in [5.41, 5.74) is 1.89. The number of aromatic nitrogens is 3. The van der Waals surface area contributed by atoms with E-state index in [1.807, 2.05) is 25.1 Å². The van der Waals surface area contributed by atoms with Gasteiger partial charge in [-0.05, 0) is 24.6 Å². The van der Waals surface area contributed by atoms with Crippen LogP contribution in [0.3, 0.4) is 0 Å². The number of anilines is 1. The predicted octanol–water partition coefficient (Wildman–Crippen LogP) is 2.13. The summed E-state index contributed by atoms with van der Waals surface area (Å²) in [6, 6.07) is 5.79. The molecule has 0 fully saturated rings. The average Bonchev–Trinajstić information content (AvgIpc) is 2.95. The molecule has 0 radical (unpaired) electrons. The number of fused-ring (bicyclic) bond motifs is 1. The third-order valence-corrected chi connectivity index (χ3v) is 4.92. The van der Waals surface area contributed by atoms with E-state index in [4.69, 9.17) is 0 Å². The number of hydrogen-bond donors (Lipinski definition) is 2. The highest BCUT2D eigenvalue weighted by Crippen LogP contribution is 2.28. The summed E-state index contributed by atoms with van der Waals surface area (Å²) in [4.78, 5) is 4.33. The second kappa shape index (κ2) is 4.32. The van der Waals surface area contributed by atoms with Crippen molar-refractivity contribution in [3.05, 3.63) is 36.2 Å². The molecule has 0 aliphatic heterocycles. The van der Waals surface area contributed by atoms with Gasteiger partial charge < -0.3 is 0 Å². The predicted molar refractivity (Wildman–Crippen MR) is 73.8 cm³/mol. The molecule has 3 rings (SSSR count). The Morgan fingerprint density at radius 3 is 2.95 bits per heavy atom. The molecule has 0 saturated heterocycles. The molecule has 8 heteroatoms. The number of thiazole rings is 1. The highest BCUT2D eigenvalue weighted by Gasteiger charge is 2.17. The maximum absolute atomic E-state index is 12.0. The number of hydrogen-bond acceptors (Lipinski definition) is 5. The van der Waals surface area contributed by atoms with Crippen LogP contribution in [0.4, 0.5) is 5.13 Å². The van der Waals surface area contributed by atoms with Gasteiger partial charge in [0.15, 0.2) is 5.13 Å². The van der Waals surface area contributed by atoms with Crippen LogP contribution in [0.25, 0.3) is 10.2 Å². The standard InChI is InChI=1S/C11H10N4O2S2/c1-7-2-3-9-10(4-7)18-11(14-9)15-19(16,17)8-5-12-13-6-8/h2-6H,1H3,(H,12,13)(H,14,15). The van der Waals surface area contributed by atoms with E-state index in [2.05, 4.69) is 19.9 Å². The SMILES string of the molecule is Cc1ccc2nc(NS(=O)(=O)c3cn[nH]c3)sc2c1. The largest absolute Gasteiger partial charge is 0.284 e. The van der Waals surface area contributed by atoms with Gasteiger partial charge in [0.05, 0.1) is 16.4 Å². The van der Waals surface area contributed by atoms with Crippen LogP contribution in [-0.2, 0) is 10.0 Å². The summed E-state index contributed by atoms with van der Waals surface area (Å²) in [6.45, 7) is 1.98. The zero-order valence-electron chi connectivity index (χ0n) is 9.91. The van der Waals surface area contributed by atoms with Crippen molar-refractivity contribution in [3.8, 4) is 0 Å². The van der Waals surface area contributed by atoms with Crippen molar-refractivity contribution in [1.82, 2.24) is 15.2 Å². The minimum absolute atomic E-state index is 0.0861. The Hall–Kier alpha value is -1.93. The molecule has 1 aromatic carbocycles. The van der Waals surface area contributed by atoms with E-state index in [-0.39, 0.29) is 4.90 Å². The fourth-order valence-electron chi connectivity index (χ4n) is 1.64. The van der Waals surface area contributed by atoms with Gasteiger partial charge in [-0.25, -0.2) is 13.4 Å². The van der Waals surface area contributed by atoms with Crippen LogP contribution in [0, 0.1) is 6.92 Å². The molecule has 2 heterocycles. The van der Waals surface area contributed by atoms with Crippen LogP contribution in [0.5, 0.6) is 0 Å². The first-order chi connectivity index (χ1) is 9.04. The molecule has 0 unspecified atom stereocenters. The number of H-pyrrole nitrogens is 1. The van der Waals surface area contributed by atoms with Crippen molar-refractivity contribution in [1.29, 1.82) is 0 Å². The number of aromatic amines is 1. The molecule has 0 aliphatic carbocycles. The zero-order chi connectivity index (χ0) is 13.5. The molecule has 19 heavy (non-hydrogen) atoms. The summed E-state index contributed by atoms with van der Waals surface area (Å²) in [5, 5.41) is 6.44. The fraction of sp³-hybridized carbons (Fsp3) is 0.0909. The topological polar surface area (TPSA) is 87.7 Å². The number of aryl methyl sites for hydroxylation is 1. The van der Waals surface area contributed by atoms with Gasteiger partial charge in [-0.15, -0.1) is 0 Å². The molecule has 3 aromatic rings. The van der Waals surface area contributed by atoms with E-state index in [0.29, 0.717) is 5.13 Å². The van der Waals surface area contributed by atoms with Crippen LogP contribution < -0.4 is 4.72 Å². The van der Waals surface area contributed by atoms with Crippen molar-refractivity contribution in [2.75, 3.05) is 4.72 Å². The lowest BCUT2D eigenvalue weighted by molar-refractivity contribution is 0.601. The average molecular weight is 294 g/mol. The van der Waals surface area contributed by atoms with Gasteiger partial charge in [0.2, 0.25) is 0 Å². The second-order valence-corrected chi connectivity index (χ2v) is 6.74. The summed E-state index contributed by atoms with van der Waals surface area (Å²) in [6.07, 6.45) is 2.57. The van der Waals surface area contributed by atoms with Crippen molar-refractivity contribution in [3.63, 3.8) is 0 Å². The third-order valence-electron chi connectivity index (χ3n) is 2.55. The Morgan fingerprint density at radius 1 is 1.37 bits per heavy atom. The summed E-state index contributed by atoms with van der Waals surface area (Å²) < 4.78 is 27.4. The van der Waals surface area contributed by atoms with E-state index in [0.717, 1.165) is 15.8 Å². The van der Waals surface area contributed by atoms with Crippen LogP contribution >= 0.6 is 11.3 Å². The van der Waals surface area contributed by atoms with Crippen LogP contribution in [0.2, 0.25) is 0 Å². The first-order valence-electron chi connectivity index (χ1n) is 5.43. The van der Waals surface area contributed by atoms with Gasteiger partial charge in [0.1, 0.15) is 4.90 Å². The van der Waals surface area contributed by atoms with Crippen molar-refractivity contribution >= 4 is 36.7 Å². The number of nitrogens with zero attached hydrogens (tertiary/aromatic N) is 2. The minimum atomic E-state index is -3.62. The number of sulfonamides is 1. The molecule has 2 N–H and O–H groups in total. The van der Waals surface area contributed by atoms with E-state index in [1.165, 1.54) is 23.7 Å². The number of benzene rings is 1. The lowest BCUT2D eigenvalue weighted by Crippen LogP contribution is -2.11. The van der Waals surface area contributed by atoms with Crippen LogP contribution in [-0.4, -0.2) is 23.6 Å². The highest BCUT2D eigenvalue weighted by atomic mass is 32.2. The smallest absolute Gasteiger partial charge is 0.266 e. The van der Waals surface area contributed by atoms with Gasteiger partial charge in [0.25, 0.3) is 10.0 Å². The first-order valence-corrected chi connectivity index (χ1v) is 7.73. The summed E-state index contributed by atoms with van der Waals surface area (Å²) in [5.74, 6) is 0. The zero-order valence-corrected chi connectivity index (χ0v) is 11.5. The van der Waals surface area contributed by atoms with Gasteiger partial charge >= 0.3 is 0 Å². The molecule has 0 atom stereocenters. The van der Waals surface area contributed by atoms with E-state index >= 15 is 0 Å². The maximum Gasteiger partial charge on any atom is 0.266 e. The van der Waals surface area contributed by atoms with Crippen molar-refractivity contribution < 1.29 is 8.42 Å². The monoisotopic (exact) mass is 294 g/mol.